The molecule has 0 aliphatic heterocycles. The first-order chi connectivity index (χ1) is 8.00. The minimum absolute atomic E-state index is 0.154. The first kappa shape index (κ1) is 12.9. The lowest BCUT2D eigenvalue weighted by Gasteiger charge is -2.30. The third-order valence-electron chi connectivity index (χ3n) is 3.67. The van der Waals surface area contributed by atoms with Crippen LogP contribution in [0.25, 0.3) is 0 Å². The quantitative estimate of drug-likeness (QED) is 0.641. The molecule has 90 valence electrons. The van der Waals surface area contributed by atoms with Crippen LogP contribution < -0.4 is 0 Å². The minimum Gasteiger partial charge on any atom is -0.0614 e. The molecule has 1 aromatic rings. The van der Waals surface area contributed by atoms with E-state index in [-0.39, 0.29) is 5.41 Å². The summed E-state index contributed by atoms with van der Waals surface area (Å²) in [5.41, 5.74) is 4.44. The maximum atomic E-state index is 2.43. The van der Waals surface area contributed by atoms with E-state index >= 15 is 0 Å². The highest BCUT2D eigenvalue weighted by atomic mass is 127. The second kappa shape index (κ2) is 4.97. The molecule has 0 unspecified atom stereocenters. The molecule has 0 spiro atoms. The Kier molecular flexibility index (Phi) is 3.76. The predicted molar refractivity (Wildman–Crippen MR) is 83.6 cm³/mol. The van der Waals surface area contributed by atoms with Crippen LogP contribution in [0.4, 0.5) is 0 Å². The average Bonchev–Trinajstić information content (AvgIpc) is 2.30. The van der Waals surface area contributed by atoms with Gasteiger partial charge in [0.05, 0.1) is 0 Å². The van der Waals surface area contributed by atoms with E-state index in [9.17, 15) is 0 Å². The molecule has 1 aromatic carbocycles. The summed E-state index contributed by atoms with van der Waals surface area (Å²) in [6.07, 6.45) is 6.96. The van der Waals surface area contributed by atoms with Gasteiger partial charge in [0, 0.05) is 5.41 Å². The van der Waals surface area contributed by atoms with E-state index in [0.717, 1.165) is 0 Å². The Morgan fingerprint density at radius 1 is 1.00 bits per heavy atom. The molecule has 0 N–H and O–H groups in total. The van der Waals surface area contributed by atoms with Gasteiger partial charge in [-0.05, 0) is 51.5 Å². The zero-order valence-electron chi connectivity index (χ0n) is 10.8. The van der Waals surface area contributed by atoms with E-state index in [0.29, 0.717) is 0 Å². The van der Waals surface area contributed by atoms with E-state index in [1.165, 1.54) is 27.5 Å². The van der Waals surface area contributed by atoms with Crippen molar-refractivity contribution in [3.63, 3.8) is 0 Å². The summed E-state index contributed by atoms with van der Waals surface area (Å²) in [7, 11) is 0. The van der Waals surface area contributed by atoms with Crippen LogP contribution >= 0.6 is 22.6 Å². The van der Waals surface area contributed by atoms with Crippen LogP contribution in [0, 0.1) is 6.92 Å². The van der Waals surface area contributed by atoms with Gasteiger partial charge in [0.1, 0.15) is 0 Å². The lowest BCUT2D eigenvalue weighted by molar-refractivity contribution is 0.590. The molecule has 0 radical (unpaired) electrons. The molecule has 17 heavy (non-hydrogen) atoms. The molecule has 0 bridgehead atoms. The minimum atomic E-state index is 0.154. The molecule has 0 saturated heterocycles. The summed E-state index contributed by atoms with van der Waals surface area (Å²) < 4.78 is 1.46. The van der Waals surface area contributed by atoms with Crippen molar-refractivity contribution in [1.29, 1.82) is 0 Å². The maximum Gasteiger partial charge on any atom is 0.0108 e. The molecule has 0 amide bonds. The molecular formula is C16H19I. The van der Waals surface area contributed by atoms with Gasteiger partial charge in [-0.15, -0.1) is 0 Å². The van der Waals surface area contributed by atoms with Gasteiger partial charge < -0.3 is 0 Å². The Bertz CT molecular complexity index is 461. The van der Waals surface area contributed by atoms with Crippen molar-refractivity contribution in [3.05, 3.63) is 56.7 Å². The molecule has 0 fully saturated rings. The lowest BCUT2D eigenvalue weighted by atomic mass is 9.74. The Labute approximate surface area is 118 Å². The van der Waals surface area contributed by atoms with Crippen LogP contribution in [0.2, 0.25) is 0 Å². The van der Waals surface area contributed by atoms with Crippen molar-refractivity contribution < 1.29 is 0 Å². The van der Waals surface area contributed by atoms with Crippen molar-refractivity contribution in [2.24, 2.45) is 0 Å². The third kappa shape index (κ3) is 2.82. The standard InChI is InChI=1S/C16H19I/c1-12-4-6-13(7-5-12)16(2,3)14-8-10-15(17)11-9-14/h4-8,10H,9,11H2,1-3H3. The molecule has 0 saturated carbocycles. The maximum absolute atomic E-state index is 2.43. The monoisotopic (exact) mass is 338 g/mol. The number of halogens is 1. The highest BCUT2D eigenvalue weighted by molar-refractivity contribution is 14.1. The van der Waals surface area contributed by atoms with Crippen LogP contribution in [-0.4, -0.2) is 0 Å². The van der Waals surface area contributed by atoms with Crippen LogP contribution in [0.1, 0.15) is 37.8 Å². The Morgan fingerprint density at radius 2 is 1.65 bits per heavy atom. The second-order valence-electron chi connectivity index (χ2n) is 5.30. The van der Waals surface area contributed by atoms with E-state index in [1.807, 2.05) is 0 Å². The van der Waals surface area contributed by atoms with Crippen LogP contribution in [0.5, 0.6) is 0 Å². The molecule has 1 heteroatoms. The summed E-state index contributed by atoms with van der Waals surface area (Å²) in [6, 6.07) is 8.94. The van der Waals surface area contributed by atoms with Crippen molar-refractivity contribution in [1.82, 2.24) is 0 Å². The Balaban J connectivity index is 2.33. The fourth-order valence-electron chi connectivity index (χ4n) is 2.29. The summed E-state index contributed by atoms with van der Waals surface area (Å²) in [5, 5.41) is 0. The van der Waals surface area contributed by atoms with Crippen molar-refractivity contribution in [3.8, 4) is 0 Å². The molecule has 2 rings (SSSR count). The van der Waals surface area contributed by atoms with Gasteiger partial charge in [0.15, 0.2) is 0 Å². The number of rotatable bonds is 2. The molecule has 1 aliphatic rings. The molecule has 0 atom stereocenters. The van der Waals surface area contributed by atoms with E-state index < -0.39 is 0 Å². The van der Waals surface area contributed by atoms with Crippen LogP contribution in [0.15, 0.2) is 45.6 Å². The summed E-state index contributed by atoms with van der Waals surface area (Å²) in [5.74, 6) is 0. The van der Waals surface area contributed by atoms with Gasteiger partial charge in [0.25, 0.3) is 0 Å². The fourth-order valence-corrected chi connectivity index (χ4v) is 2.74. The van der Waals surface area contributed by atoms with Gasteiger partial charge in [-0.3, -0.25) is 0 Å². The Hall–Kier alpha value is -0.570. The number of aryl methyl sites for hydroxylation is 1. The van der Waals surface area contributed by atoms with E-state index in [2.05, 4.69) is 79.8 Å². The predicted octanol–water partition coefficient (Wildman–Crippen LogP) is 5.31. The van der Waals surface area contributed by atoms with Crippen molar-refractivity contribution in [2.45, 2.75) is 39.0 Å². The van der Waals surface area contributed by atoms with Gasteiger partial charge in [-0.2, -0.15) is 0 Å². The summed E-state index contributed by atoms with van der Waals surface area (Å²) >= 11 is 2.43. The molecule has 0 aromatic heterocycles. The third-order valence-corrected chi connectivity index (χ3v) is 4.57. The Morgan fingerprint density at radius 3 is 2.18 bits per heavy atom. The summed E-state index contributed by atoms with van der Waals surface area (Å²) in [6.45, 7) is 6.80. The molecular weight excluding hydrogens is 319 g/mol. The first-order valence-corrected chi connectivity index (χ1v) is 7.21. The van der Waals surface area contributed by atoms with Crippen LogP contribution in [0.3, 0.4) is 0 Å². The van der Waals surface area contributed by atoms with Gasteiger partial charge >= 0.3 is 0 Å². The SMILES string of the molecule is Cc1ccc(C(C)(C)C2=CC=C(I)CC2)cc1. The van der Waals surface area contributed by atoms with E-state index in [1.54, 1.807) is 5.57 Å². The second-order valence-corrected chi connectivity index (χ2v) is 6.68. The van der Waals surface area contributed by atoms with Crippen molar-refractivity contribution in [2.75, 3.05) is 0 Å². The zero-order valence-corrected chi connectivity index (χ0v) is 12.9. The topological polar surface area (TPSA) is 0 Å². The van der Waals surface area contributed by atoms with Gasteiger partial charge in [-0.25, -0.2) is 0 Å². The first-order valence-electron chi connectivity index (χ1n) is 6.13. The summed E-state index contributed by atoms with van der Waals surface area (Å²) in [4.78, 5) is 0. The van der Waals surface area contributed by atoms with Crippen LogP contribution in [-0.2, 0) is 5.41 Å². The lowest BCUT2D eigenvalue weighted by Crippen LogP contribution is -2.21. The molecule has 1 aliphatic carbocycles. The fraction of sp³-hybridized carbons (Fsp3) is 0.375. The normalized spacial score (nSPS) is 16.5. The largest absolute Gasteiger partial charge is 0.0614 e. The zero-order chi connectivity index (χ0) is 12.5. The highest BCUT2D eigenvalue weighted by Crippen LogP contribution is 2.37. The molecule has 0 heterocycles. The molecule has 0 nitrogen and oxygen atoms in total. The van der Waals surface area contributed by atoms with Crippen molar-refractivity contribution >= 4 is 22.6 Å². The van der Waals surface area contributed by atoms with Gasteiger partial charge in [0.2, 0.25) is 0 Å². The average molecular weight is 338 g/mol. The smallest absolute Gasteiger partial charge is 0.0108 e. The number of hydrogen-bond acceptors (Lipinski definition) is 0. The number of benzene rings is 1. The highest BCUT2D eigenvalue weighted by Gasteiger charge is 2.25. The van der Waals surface area contributed by atoms with E-state index in [4.69, 9.17) is 0 Å². The number of hydrogen-bond donors (Lipinski definition) is 0. The number of allylic oxidation sites excluding steroid dienone is 4. The van der Waals surface area contributed by atoms with Gasteiger partial charge in [-0.1, -0.05) is 61.4 Å².